The molecular formula is C38H46Cl2N6O4. The first kappa shape index (κ1) is 35.9. The molecule has 2 saturated heterocycles. The first-order chi connectivity index (χ1) is 23.8. The average Bonchev–Trinajstić information content (AvgIpc) is 3.36. The number of benzene rings is 2. The molecule has 12 heteroatoms. The number of rotatable bonds is 5. The predicted octanol–water partition coefficient (Wildman–Crippen LogP) is 7.17. The van der Waals surface area contributed by atoms with Crippen molar-refractivity contribution in [2.75, 3.05) is 59.1 Å². The first-order valence-electron chi connectivity index (χ1n) is 17.2. The maximum atomic E-state index is 15.2. The number of urea groups is 2. The fourth-order valence-corrected chi connectivity index (χ4v) is 7.29. The molecule has 2 unspecified atom stereocenters. The van der Waals surface area contributed by atoms with E-state index in [1.165, 1.54) is 0 Å². The van der Waals surface area contributed by atoms with Gasteiger partial charge in [0.1, 0.15) is 22.7 Å². The summed E-state index contributed by atoms with van der Waals surface area (Å²) in [6, 6.07) is 16.9. The smallest absolute Gasteiger partial charge is 0.326 e. The molecule has 6 rings (SSSR count). The van der Waals surface area contributed by atoms with Crippen molar-refractivity contribution < 1.29 is 19.1 Å². The fraction of sp³-hybridized carbons (Fsp3) is 0.474. The van der Waals surface area contributed by atoms with Gasteiger partial charge in [-0.3, -0.25) is 14.9 Å². The molecule has 2 fully saturated rings. The van der Waals surface area contributed by atoms with Crippen LogP contribution in [0.25, 0.3) is 0 Å². The number of hydrogen-bond acceptors (Lipinski definition) is 6. The second kappa shape index (κ2) is 14.0. The van der Waals surface area contributed by atoms with Crippen molar-refractivity contribution in [3.63, 3.8) is 0 Å². The summed E-state index contributed by atoms with van der Waals surface area (Å²) >= 11 is 12.8. The number of ether oxygens (including phenoxy) is 2. The van der Waals surface area contributed by atoms with Crippen LogP contribution < -0.4 is 4.74 Å². The van der Waals surface area contributed by atoms with Gasteiger partial charge in [-0.05, 0) is 56.2 Å². The van der Waals surface area contributed by atoms with Crippen LogP contribution >= 0.6 is 23.2 Å². The van der Waals surface area contributed by atoms with E-state index in [0.717, 1.165) is 16.8 Å². The minimum Gasteiger partial charge on any atom is -0.493 e. The van der Waals surface area contributed by atoms with Gasteiger partial charge in [-0.15, -0.1) is 0 Å². The molecule has 266 valence electrons. The SMILES string of the molecule is CCOc1cc(C(C)(C)C)ncc1C1=NC(C)(c2ccc(Cl)cc2)C(C)(c2ccc(Cl)cc2)N1C(=O)N1CCN(C(=O)N2CCOCC2)CC1. The van der Waals surface area contributed by atoms with Crippen LogP contribution in [-0.2, 0) is 21.2 Å². The zero-order valence-electron chi connectivity index (χ0n) is 29.7. The normalized spacial score (nSPS) is 22.8. The number of halogens is 2. The molecule has 4 heterocycles. The molecular weight excluding hydrogens is 675 g/mol. The standard InChI is InChI=1S/C38H46Cl2N6O4/c1-7-50-31-24-32(36(2,3)4)41-25-30(31)33-42-37(5,26-8-12-28(39)13-9-26)38(6,27-10-14-29(40)15-11-27)46(33)35(48)44-18-16-43(17-19-44)34(47)45-20-22-49-23-21-45/h8-15,24-25H,7,16-23H2,1-6H3. The number of carbonyl (C=O) groups excluding carboxylic acids is 2. The van der Waals surface area contributed by atoms with Gasteiger partial charge >= 0.3 is 12.1 Å². The van der Waals surface area contributed by atoms with Crippen molar-refractivity contribution in [3.05, 3.63) is 93.2 Å². The van der Waals surface area contributed by atoms with Crippen molar-refractivity contribution in [1.29, 1.82) is 0 Å². The number of nitrogens with zero attached hydrogens (tertiary/aromatic N) is 6. The summed E-state index contributed by atoms with van der Waals surface area (Å²) in [5.41, 5.74) is 0.942. The van der Waals surface area contributed by atoms with Crippen molar-refractivity contribution in [3.8, 4) is 5.75 Å². The highest BCUT2D eigenvalue weighted by Gasteiger charge is 2.60. The summed E-state index contributed by atoms with van der Waals surface area (Å²) in [6.45, 7) is 16.5. The quantitative estimate of drug-likeness (QED) is 0.279. The maximum absolute atomic E-state index is 15.2. The van der Waals surface area contributed by atoms with Gasteiger partial charge in [0.15, 0.2) is 0 Å². The summed E-state index contributed by atoms with van der Waals surface area (Å²) in [6.07, 6.45) is 1.78. The van der Waals surface area contributed by atoms with Crippen LogP contribution in [0.4, 0.5) is 9.59 Å². The monoisotopic (exact) mass is 720 g/mol. The molecule has 50 heavy (non-hydrogen) atoms. The first-order valence-corrected chi connectivity index (χ1v) is 18.0. The van der Waals surface area contributed by atoms with E-state index in [9.17, 15) is 4.79 Å². The molecule has 0 saturated carbocycles. The van der Waals surface area contributed by atoms with Gasteiger partial charge in [-0.2, -0.15) is 0 Å². The average molecular weight is 722 g/mol. The second-order valence-corrected chi connectivity index (χ2v) is 15.2. The summed E-state index contributed by atoms with van der Waals surface area (Å²) < 4.78 is 11.7. The number of amides is 4. The third kappa shape index (κ3) is 6.53. The molecule has 2 aromatic carbocycles. The van der Waals surface area contributed by atoms with E-state index in [0.29, 0.717) is 86.3 Å². The van der Waals surface area contributed by atoms with Crippen molar-refractivity contribution in [2.45, 2.75) is 58.0 Å². The lowest BCUT2D eigenvalue weighted by Gasteiger charge is -2.47. The highest BCUT2D eigenvalue weighted by molar-refractivity contribution is 6.30. The van der Waals surface area contributed by atoms with Crippen molar-refractivity contribution >= 4 is 41.1 Å². The maximum Gasteiger partial charge on any atom is 0.326 e. The summed E-state index contributed by atoms with van der Waals surface area (Å²) in [5, 5.41) is 1.19. The highest BCUT2D eigenvalue weighted by Crippen LogP contribution is 2.54. The molecule has 0 spiro atoms. The number of pyridine rings is 1. The van der Waals surface area contributed by atoms with Crippen molar-refractivity contribution in [1.82, 2.24) is 24.6 Å². The molecule has 0 radical (unpaired) electrons. The van der Waals surface area contributed by atoms with Gasteiger partial charge in [-0.1, -0.05) is 68.2 Å². The fourth-order valence-electron chi connectivity index (χ4n) is 7.04. The third-order valence-electron chi connectivity index (χ3n) is 10.2. The Morgan fingerprint density at radius 1 is 0.820 bits per heavy atom. The lowest BCUT2D eigenvalue weighted by atomic mass is 9.71. The van der Waals surface area contributed by atoms with Gasteiger partial charge in [0.05, 0.1) is 25.4 Å². The van der Waals surface area contributed by atoms with Crippen LogP contribution in [0.5, 0.6) is 5.75 Å². The van der Waals surface area contributed by atoms with Crippen LogP contribution in [0.15, 0.2) is 65.8 Å². The molecule has 3 aliphatic rings. The van der Waals surface area contributed by atoms with E-state index < -0.39 is 11.1 Å². The minimum absolute atomic E-state index is 0.0171. The van der Waals surface area contributed by atoms with Gasteiger partial charge < -0.3 is 24.2 Å². The van der Waals surface area contributed by atoms with E-state index in [4.69, 9.17) is 42.7 Å². The van der Waals surface area contributed by atoms with E-state index in [1.54, 1.807) is 11.1 Å². The molecule has 10 nitrogen and oxygen atoms in total. The second-order valence-electron chi connectivity index (χ2n) is 14.3. The van der Waals surface area contributed by atoms with E-state index >= 15 is 4.79 Å². The zero-order valence-corrected chi connectivity index (χ0v) is 31.2. The number of hydrogen-bond donors (Lipinski definition) is 0. The van der Waals surface area contributed by atoms with Crippen LogP contribution in [0.1, 0.15) is 63.9 Å². The Balaban J connectivity index is 1.48. The third-order valence-corrected chi connectivity index (χ3v) is 10.7. The molecule has 1 aromatic heterocycles. The molecule has 3 aliphatic heterocycles. The zero-order chi connectivity index (χ0) is 35.8. The lowest BCUT2D eigenvalue weighted by molar-refractivity contribution is 0.0375. The Hall–Kier alpha value is -3.86. The number of aliphatic imine (C=N–C) groups is 1. The summed E-state index contributed by atoms with van der Waals surface area (Å²) in [7, 11) is 0. The summed E-state index contributed by atoms with van der Waals surface area (Å²) in [4.78, 5) is 46.2. The van der Waals surface area contributed by atoms with Crippen LogP contribution in [0.3, 0.4) is 0 Å². The topological polar surface area (TPSA) is 90.8 Å². The Labute approximate surface area is 305 Å². The lowest BCUT2D eigenvalue weighted by Crippen LogP contribution is -2.62. The van der Waals surface area contributed by atoms with Crippen LogP contribution in [0.2, 0.25) is 10.0 Å². The number of amidine groups is 1. The molecule has 0 bridgehead atoms. The Bertz CT molecular complexity index is 1750. The predicted molar refractivity (Wildman–Crippen MR) is 196 cm³/mol. The van der Waals surface area contributed by atoms with Gasteiger partial charge in [-0.25, -0.2) is 9.59 Å². The molecule has 2 atom stereocenters. The van der Waals surface area contributed by atoms with E-state index in [-0.39, 0.29) is 17.5 Å². The largest absolute Gasteiger partial charge is 0.493 e. The van der Waals surface area contributed by atoms with E-state index in [1.807, 2.05) is 83.1 Å². The minimum atomic E-state index is -1.05. The van der Waals surface area contributed by atoms with Crippen LogP contribution in [-0.4, -0.2) is 102 Å². The van der Waals surface area contributed by atoms with Gasteiger partial charge in [0.2, 0.25) is 0 Å². The Morgan fingerprint density at radius 2 is 1.34 bits per heavy atom. The van der Waals surface area contributed by atoms with E-state index in [2.05, 4.69) is 27.7 Å². The van der Waals surface area contributed by atoms with Crippen molar-refractivity contribution in [2.24, 2.45) is 4.99 Å². The summed E-state index contributed by atoms with van der Waals surface area (Å²) in [5.74, 6) is 1.05. The molecule has 4 amide bonds. The molecule has 0 aliphatic carbocycles. The van der Waals surface area contributed by atoms with Gasteiger partial charge in [0.25, 0.3) is 0 Å². The number of carbonyl (C=O) groups is 2. The molecule has 0 N–H and O–H groups in total. The molecule has 3 aromatic rings. The number of piperazine rings is 1. The number of morpholine rings is 1. The highest BCUT2D eigenvalue weighted by atomic mass is 35.5. The Morgan fingerprint density at radius 3 is 1.88 bits per heavy atom. The van der Waals surface area contributed by atoms with Crippen LogP contribution in [0, 0.1) is 0 Å². The number of aromatic nitrogens is 1. The van der Waals surface area contributed by atoms with Gasteiger partial charge in [0, 0.05) is 72.7 Å². The Kier molecular flexibility index (Phi) is 10.1.